The van der Waals surface area contributed by atoms with Crippen LogP contribution in [0.3, 0.4) is 0 Å². The molecule has 1 fully saturated rings. The van der Waals surface area contributed by atoms with E-state index in [0.29, 0.717) is 21.9 Å². The molecule has 27 heavy (non-hydrogen) atoms. The van der Waals surface area contributed by atoms with Crippen LogP contribution in [0.15, 0.2) is 41.7 Å². The summed E-state index contributed by atoms with van der Waals surface area (Å²) in [5, 5.41) is 30.2. The van der Waals surface area contributed by atoms with Crippen LogP contribution >= 0.6 is 11.8 Å². The smallest absolute Gasteiger partial charge is 0.223 e. The van der Waals surface area contributed by atoms with Crippen LogP contribution in [-0.4, -0.2) is 59.8 Å². The van der Waals surface area contributed by atoms with E-state index in [9.17, 15) is 15.3 Å². The minimum Gasteiger partial charge on any atom is -0.394 e. The Bertz CT molecular complexity index is 938. The van der Waals surface area contributed by atoms with Crippen molar-refractivity contribution in [1.29, 1.82) is 0 Å². The normalized spacial score (nSPS) is 25.3. The number of aromatic nitrogens is 4. The zero-order valence-electron chi connectivity index (χ0n) is 14.2. The van der Waals surface area contributed by atoms with E-state index < -0.39 is 31.1 Å². The number of nitrogens with zero attached hydrogens (tertiary/aromatic N) is 4. The highest BCUT2D eigenvalue weighted by atomic mass is 32.2. The van der Waals surface area contributed by atoms with Gasteiger partial charge >= 0.3 is 0 Å². The molecule has 142 valence electrons. The molecule has 10 heteroatoms. The second-order valence-electron chi connectivity index (χ2n) is 6.21. The van der Waals surface area contributed by atoms with Crippen molar-refractivity contribution in [1.82, 2.24) is 19.5 Å². The average Bonchev–Trinajstić information content (AvgIpc) is 3.22. The summed E-state index contributed by atoms with van der Waals surface area (Å²) in [6.07, 6.45) is -2.78. The number of hydrogen-bond donors (Lipinski definition) is 4. The van der Waals surface area contributed by atoms with Gasteiger partial charge in [0, 0.05) is 5.75 Å². The van der Waals surface area contributed by atoms with Gasteiger partial charge in [-0.05, 0) is 5.56 Å². The number of anilines is 1. The van der Waals surface area contributed by atoms with Crippen molar-refractivity contribution in [2.24, 2.45) is 0 Å². The number of ether oxygens (including phenoxy) is 1. The van der Waals surface area contributed by atoms with Crippen LogP contribution in [0.2, 0.25) is 0 Å². The molecular formula is C17H19N5O4S. The van der Waals surface area contributed by atoms with E-state index in [1.54, 1.807) is 0 Å². The summed E-state index contributed by atoms with van der Waals surface area (Å²) in [6.45, 7) is -0.406. The highest BCUT2D eigenvalue weighted by molar-refractivity contribution is 7.98. The van der Waals surface area contributed by atoms with Gasteiger partial charge in [0.2, 0.25) is 5.95 Å². The van der Waals surface area contributed by atoms with Gasteiger partial charge in [0.1, 0.15) is 28.9 Å². The lowest BCUT2D eigenvalue weighted by atomic mass is 10.1. The number of hydrogen-bond acceptors (Lipinski definition) is 9. The number of benzene rings is 1. The second kappa shape index (κ2) is 7.41. The molecule has 0 saturated carbocycles. The van der Waals surface area contributed by atoms with E-state index >= 15 is 0 Å². The largest absolute Gasteiger partial charge is 0.394 e. The van der Waals surface area contributed by atoms with Gasteiger partial charge in [0.15, 0.2) is 11.9 Å². The van der Waals surface area contributed by atoms with E-state index in [-0.39, 0.29) is 5.95 Å². The standard InChI is InChI=1S/C17H19N5O4S/c18-17-20-14-11(15(21-17)27-7-9-4-2-1-3-5-9)19-8-22(14)16-13(25)12(24)10(6-23)26-16/h1-5,8,10,12-13,16,23-25H,6-7H2,(H2,18,20,21)/t10-,12-,13-,16-/m1/s1. The number of aliphatic hydroxyl groups excluding tert-OH is 3. The van der Waals surface area contributed by atoms with Crippen molar-refractivity contribution in [3.8, 4) is 0 Å². The third-order valence-electron chi connectivity index (χ3n) is 4.42. The van der Waals surface area contributed by atoms with Crippen molar-refractivity contribution in [3.05, 3.63) is 42.2 Å². The Morgan fingerprint density at radius 3 is 2.63 bits per heavy atom. The molecular weight excluding hydrogens is 370 g/mol. The molecule has 4 rings (SSSR count). The first-order chi connectivity index (χ1) is 13.1. The number of nitrogens with two attached hydrogens (primary N) is 1. The van der Waals surface area contributed by atoms with E-state index in [1.165, 1.54) is 22.7 Å². The fraction of sp³-hybridized carbons (Fsp3) is 0.353. The zero-order chi connectivity index (χ0) is 19.0. The first kappa shape index (κ1) is 18.1. The lowest BCUT2D eigenvalue weighted by Gasteiger charge is -2.16. The van der Waals surface area contributed by atoms with Crippen LogP contribution in [0.4, 0.5) is 5.95 Å². The molecule has 1 aromatic carbocycles. The summed E-state index contributed by atoms with van der Waals surface area (Å²) in [4.78, 5) is 12.9. The number of aliphatic hydroxyl groups is 3. The van der Waals surface area contributed by atoms with Gasteiger partial charge in [0.25, 0.3) is 0 Å². The molecule has 0 bridgehead atoms. The van der Waals surface area contributed by atoms with Crippen molar-refractivity contribution >= 4 is 28.9 Å². The lowest BCUT2D eigenvalue weighted by molar-refractivity contribution is -0.0511. The fourth-order valence-electron chi connectivity index (χ4n) is 3.03. The maximum atomic E-state index is 10.3. The summed E-state index contributed by atoms with van der Waals surface area (Å²) in [7, 11) is 0. The van der Waals surface area contributed by atoms with Crippen LogP contribution < -0.4 is 5.73 Å². The highest BCUT2D eigenvalue weighted by Gasteiger charge is 2.44. The number of fused-ring (bicyclic) bond motifs is 1. The van der Waals surface area contributed by atoms with E-state index in [0.717, 1.165) is 5.56 Å². The van der Waals surface area contributed by atoms with E-state index in [2.05, 4.69) is 15.0 Å². The second-order valence-corrected chi connectivity index (χ2v) is 7.18. The predicted molar refractivity (Wildman–Crippen MR) is 98.7 cm³/mol. The Hall–Kier alpha value is -2.24. The molecule has 9 nitrogen and oxygen atoms in total. The zero-order valence-corrected chi connectivity index (χ0v) is 15.0. The van der Waals surface area contributed by atoms with Crippen molar-refractivity contribution < 1.29 is 20.1 Å². The van der Waals surface area contributed by atoms with Gasteiger partial charge in [-0.3, -0.25) is 4.57 Å². The highest BCUT2D eigenvalue weighted by Crippen LogP contribution is 2.34. The molecule has 2 aromatic heterocycles. The van der Waals surface area contributed by atoms with Crippen LogP contribution in [0.25, 0.3) is 11.2 Å². The number of rotatable bonds is 5. The van der Waals surface area contributed by atoms with Gasteiger partial charge in [-0.15, -0.1) is 0 Å². The van der Waals surface area contributed by atoms with Gasteiger partial charge in [-0.2, -0.15) is 4.98 Å². The van der Waals surface area contributed by atoms with Crippen LogP contribution in [0.5, 0.6) is 0 Å². The monoisotopic (exact) mass is 389 g/mol. The molecule has 1 saturated heterocycles. The molecule has 3 aromatic rings. The minimum absolute atomic E-state index is 0.0755. The van der Waals surface area contributed by atoms with Crippen molar-refractivity contribution in [2.45, 2.75) is 35.3 Å². The molecule has 0 amide bonds. The Balaban J connectivity index is 1.66. The first-order valence-corrected chi connectivity index (χ1v) is 9.36. The Labute approximate surface area is 158 Å². The molecule has 1 aliphatic heterocycles. The molecule has 0 aliphatic carbocycles. The predicted octanol–water partition coefficient (Wildman–Crippen LogP) is 0.312. The molecule has 5 N–H and O–H groups in total. The third kappa shape index (κ3) is 3.37. The Morgan fingerprint density at radius 1 is 1.15 bits per heavy atom. The molecule has 0 unspecified atom stereocenters. The molecule has 3 heterocycles. The van der Waals surface area contributed by atoms with E-state index in [1.807, 2.05) is 30.3 Å². The Kier molecular flexibility index (Phi) is 4.98. The lowest BCUT2D eigenvalue weighted by Crippen LogP contribution is -2.33. The summed E-state index contributed by atoms with van der Waals surface area (Å²) < 4.78 is 7.07. The summed E-state index contributed by atoms with van der Waals surface area (Å²) in [6, 6.07) is 9.93. The van der Waals surface area contributed by atoms with Gasteiger partial charge in [-0.1, -0.05) is 42.1 Å². The van der Waals surface area contributed by atoms with Crippen molar-refractivity contribution in [3.63, 3.8) is 0 Å². The van der Waals surface area contributed by atoms with Crippen LogP contribution in [-0.2, 0) is 10.5 Å². The fourth-order valence-corrected chi connectivity index (χ4v) is 3.96. The summed E-state index contributed by atoms with van der Waals surface area (Å²) in [5.74, 6) is 0.763. The van der Waals surface area contributed by atoms with Crippen LogP contribution in [0.1, 0.15) is 11.8 Å². The molecule has 0 spiro atoms. The maximum Gasteiger partial charge on any atom is 0.223 e. The Morgan fingerprint density at radius 2 is 1.93 bits per heavy atom. The SMILES string of the molecule is Nc1nc(SCc2ccccc2)c2ncn([C@@H]3O[C@H](CO)[C@@H](O)[C@H]3O)c2n1. The topological polar surface area (TPSA) is 140 Å². The summed E-state index contributed by atoms with van der Waals surface area (Å²) in [5.41, 5.74) is 7.93. The van der Waals surface area contributed by atoms with Gasteiger partial charge < -0.3 is 25.8 Å². The molecule has 0 radical (unpaired) electrons. The molecule has 1 aliphatic rings. The minimum atomic E-state index is -1.23. The van der Waals surface area contributed by atoms with Gasteiger partial charge in [0.05, 0.1) is 12.9 Å². The van der Waals surface area contributed by atoms with Gasteiger partial charge in [-0.25, -0.2) is 9.97 Å². The molecule has 4 atom stereocenters. The van der Waals surface area contributed by atoms with E-state index in [4.69, 9.17) is 10.5 Å². The average molecular weight is 389 g/mol. The quantitative estimate of drug-likeness (QED) is 0.358. The maximum absolute atomic E-state index is 10.3. The number of thioether (sulfide) groups is 1. The number of imidazole rings is 1. The number of nitrogen functional groups attached to an aromatic ring is 1. The first-order valence-electron chi connectivity index (χ1n) is 8.37. The summed E-state index contributed by atoms with van der Waals surface area (Å²) >= 11 is 1.48. The third-order valence-corrected chi connectivity index (χ3v) is 5.45. The van der Waals surface area contributed by atoms with Crippen molar-refractivity contribution in [2.75, 3.05) is 12.3 Å². The van der Waals surface area contributed by atoms with Crippen LogP contribution in [0, 0.1) is 0 Å².